The SMILES string of the molecule is Clc1ccc([C@H]2NCCn3cccc32)c(Cl)c1. The minimum Gasteiger partial charge on any atom is -0.348 e. The van der Waals surface area contributed by atoms with Gasteiger partial charge < -0.3 is 9.88 Å². The Hall–Kier alpha value is -0.960. The van der Waals surface area contributed by atoms with Crippen LogP contribution in [0.4, 0.5) is 0 Å². The average Bonchev–Trinajstić information content (AvgIpc) is 2.77. The molecule has 1 aliphatic heterocycles. The number of rotatable bonds is 1. The molecule has 2 aromatic rings. The quantitative estimate of drug-likeness (QED) is 0.836. The van der Waals surface area contributed by atoms with Gasteiger partial charge in [-0.25, -0.2) is 0 Å². The Kier molecular flexibility index (Phi) is 2.87. The first kappa shape index (κ1) is 11.1. The molecule has 0 unspecified atom stereocenters. The maximum Gasteiger partial charge on any atom is 0.0746 e. The lowest BCUT2D eigenvalue weighted by Gasteiger charge is -2.27. The van der Waals surface area contributed by atoms with Gasteiger partial charge in [0.1, 0.15) is 0 Å². The molecule has 1 aromatic carbocycles. The molecule has 1 atom stereocenters. The largest absolute Gasteiger partial charge is 0.348 e. The van der Waals surface area contributed by atoms with Crippen LogP contribution >= 0.6 is 23.2 Å². The van der Waals surface area contributed by atoms with Gasteiger partial charge in [0.15, 0.2) is 0 Å². The van der Waals surface area contributed by atoms with Gasteiger partial charge in [-0.1, -0.05) is 29.3 Å². The van der Waals surface area contributed by atoms with Gasteiger partial charge in [0.05, 0.1) is 6.04 Å². The Labute approximate surface area is 110 Å². The maximum absolute atomic E-state index is 6.26. The van der Waals surface area contributed by atoms with E-state index < -0.39 is 0 Å². The first-order valence-corrected chi connectivity index (χ1v) is 6.34. The molecule has 2 nitrogen and oxygen atoms in total. The van der Waals surface area contributed by atoms with Crippen LogP contribution in [0.3, 0.4) is 0 Å². The van der Waals surface area contributed by atoms with E-state index >= 15 is 0 Å². The molecule has 88 valence electrons. The van der Waals surface area contributed by atoms with E-state index in [1.807, 2.05) is 12.1 Å². The zero-order valence-corrected chi connectivity index (χ0v) is 10.7. The zero-order valence-electron chi connectivity index (χ0n) is 9.16. The van der Waals surface area contributed by atoms with E-state index in [9.17, 15) is 0 Å². The second-order valence-electron chi connectivity index (χ2n) is 4.18. The van der Waals surface area contributed by atoms with Gasteiger partial charge in [-0.15, -0.1) is 0 Å². The van der Waals surface area contributed by atoms with Crippen molar-refractivity contribution in [2.75, 3.05) is 6.54 Å². The van der Waals surface area contributed by atoms with E-state index in [-0.39, 0.29) is 6.04 Å². The summed E-state index contributed by atoms with van der Waals surface area (Å²) in [6.07, 6.45) is 2.10. The Morgan fingerprint density at radius 3 is 2.94 bits per heavy atom. The minimum atomic E-state index is 0.156. The average molecular weight is 267 g/mol. The molecule has 1 N–H and O–H groups in total. The van der Waals surface area contributed by atoms with Crippen molar-refractivity contribution in [1.82, 2.24) is 9.88 Å². The molecule has 17 heavy (non-hydrogen) atoms. The first-order valence-electron chi connectivity index (χ1n) is 5.59. The number of aromatic nitrogens is 1. The van der Waals surface area contributed by atoms with Crippen molar-refractivity contribution in [3.8, 4) is 0 Å². The summed E-state index contributed by atoms with van der Waals surface area (Å²) in [5, 5.41) is 4.87. The van der Waals surface area contributed by atoms with Crippen LogP contribution in [0.2, 0.25) is 10.0 Å². The highest BCUT2D eigenvalue weighted by atomic mass is 35.5. The number of hydrogen-bond donors (Lipinski definition) is 1. The summed E-state index contributed by atoms with van der Waals surface area (Å²) in [4.78, 5) is 0. The van der Waals surface area contributed by atoms with Gasteiger partial charge in [0, 0.05) is 35.0 Å². The van der Waals surface area contributed by atoms with Crippen molar-refractivity contribution in [2.45, 2.75) is 12.6 Å². The summed E-state index contributed by atoms with van der Waals surface area (Å²) in [5.41, 5.74) is 2.33. The highest BCUT2D eigenvalue weighted by molar-refractivity contribution is 6.35. The normalized spacial score (nSPS) is 19.1. The van der Waals surface area contributed by atoms with Crippen molar-refractivity contribution in [1.29, 1.82) is 0 Å². The lowest BCUT2D eigenvalue weighted by molar-refractivity contribution is 0.467. The van der Waals surface area contributed by atoms with E-state index in [2.05, 4.69) is 28.2 Å². The fourth-order valence-corrected chi connectivity index (χ4v) is 2.85. The molecule has 4 heteroatoms. The fourth-order valence-electron chi connectivity index (χ4n) is 2.33. The summed E-state index contributed by atoms with van der Waals surface area (Å²) in [7, 11) is 0. The van der Waals surface area contributed by atoms with Crippen LogP contribution in [0, 0.1) is 0 Å². The fraction of sp³-hybridized carbons (Fsp3) is 0.231. The van der Waals surface area contributed by atoms with Crippen LogP contribution in [-0.4, -0.2) is 11.1 Å². The number of hydrogen-bond acceptors (Lipinski definition) is 1. The molecule has 0 amide bonds. The topological polar surface area (TPSA) is 17.0 Å². The van der Waals surface area contributed by atoms with Crippen LogP contribution in [0.15, 0.2) is 36.5 Å². The predicted octanol–water partition coefficient (Wildman–Crippen LogP) is 3.49. The number of nitrogens with one attached hydrogen (secondary N) is 1. The summed E-state index contributed by atoms with van der Waals surface area (Å²) in [5.74, 6) is 0. The van der Waals surface area contributed by atoms with E-state index in [0.29, 0.717) is 10.0 Å². The first-order chi connectivity index (χ1) is 8.25. The van der Waals surface area contributed by atoms with Crippen molar-refractivity contribution in [2.24, 2.45) is 0 Å². The molecule has 0 spiro atoms. The van der Waals surface area contributed by atoms with E-state index in [0.717, 1.165) is 18.7 Å². The van der Waals surface area contributed by atoms with Gasteiger partial charge in [0.2, 0.25) is 0 Å². The van der Waals surface area contributed by atoms with Crippen molar-refractivity contribution < 1.29 is 0 Å². The maximum atomic E-state index is 6.26. The molecule has 2 heterocycles. The molecular formula is C13H12Cl2N2. The van der Waals surface area contributed by atoms with E-state index in [1.165, 1.54) is 5.69 Å². The summed E-state index contributed by atoms with van der Waals surface area (Å²) >= 11 is 12.2. The Bertz CT molecular complexity index is 548. The molecule has 1 aromatic heterocycles. The zero-order chi connectivity index (χ0) is 11.8. The highest BCUT2D eigenvalue weighted by Crippen LogP contribution is 2.31. The highest BCUT2D eigenvalue weighted by Gasteiger charge is 2.22. The Morgan fingerprint density at radius 2 is 2.12 bits per heavy atom. The number of halogens is 2. The Morgan fingerprint density at radius 1 is 1.24 bits per heavy atom. The second-order valence-corrected chi connectivity index (χ2v) is 5.02. The Balaban J connectivity index is 2.06. The number of nitrogens with zero attached hydrogens (tertiary/aromatic N) is 1. The third-order valence-corrected chi connectivity index (χ3v) is 3.70. The van der Waals surface area contributed by atoms with Crippen LogP contribution in [-0.2, 0) is 6.54 Å². The molecular weight excluding hydrogens is 255 g/mol. The summed E-state index contributed by atoms with van der Waals surface area (Å²) < 4.78 is 2.26. The van der Waals surface area contributed by atoms with Crippen molar-refractivity contribution in [3.63, 3.8) is 0 Å². The smallest absolute Gasteiger partial charge is 0.0746 e. The summed E-state index contributed by atoms with van der Waals surface area (Å²) in [6, 6.07) is 10.0. The molecule has 0 fully saturated rings. The standard InChI is InChI=1S/C13H12Cl2N2/c14-9-3-4-10(11(15)8-9)13-12-2-1-6-17(12)7-5-16-13/h1-4,6,8,13,16H,5,7H2/t13-/m1/s1. The molecule has 0 aliphatic carbocycles. The van der Waals surface area contributed by atoms with E-state index in [4.69, 9.17) is 23.2 Å². The third-order valence-electron chi connectivity index (χ3n) is 3.14. The van der Waals surface area contributed by atoms with Crippen LogP contribution in [0.1, 0.15) is 17.3 Å². The third kappa shape index (κ3) is 1.97. The van der Waals surface area contributed by atoms with Gasteiger partial charge in [-0.2, -0.15) is 0 Å². The van der Waals surface area contributed by atoms with Gasteiger partial charge in [0.25, 0.3) is 0 Å². The van der Waals surface area contributed by atoms with Crippen LogP contribution < -0.4 is 5.32 Å². The monoisotopic (exact) mass is 266 g/mol. The predicted molar refractivity (Wildman–Crippen MR) is 70.7 cm³/mol. The lowest BCUT2D eigenvalue weighted by Crippen LogP contribution is -2.33. The van der Waals surface area contributed by atoms with Gasteiger partial charge in [-0.05, 0) is 29.8 Å². The molecule has 0 saturated heterocycles. The minimum absolute atomic E-state index is 0.156. The van der Waals surface area contributed by atoms with E-state index in [1.54, 1.807) is 6.07 Å². The van der Waals surface area contributed by atoms with Gasteiger partial charge in [-0.3, -0.25) is 0 Å². The van der Waals surface area contributed by atoms with Crippen molar-refractivity contribution >= 4 is 23.2 Å². The molecule has 0 radical (unpaired) electrons. The molecule has 0 saturated carbocycles. The second kappa shape index (κ2) is 4.37. The molecule has 0 bridgehead atoms. The van der Waals surface area contributed by atoms with Crippen LogP contribution in [0.5, 0.6) is 0 Å². The van der Waals surface area contributed by atoms with Crippen molar-refractivity contribution in [3.05, 3.63) is 57.8 Å². The molecule has 1 aliphatic rings. The summed E-state index contributed by atoms with van der Waals surface area (Å²) in [6.45, 7) is 1.95. The number of benzene rings is 1. The van der Waals surface area contributed by atoms with Gasteiger partial charge >= 0.3 is 0 Å². The molecule has 3 rings (SSSR count). The lowest BCUT2D eigenvalue weighted by atomic mass is 10.0. The number of fused-ring (bicyclic) bond motifs is 1. The van der Waals surface area contributed by atoms with Crippen LogP contribution in [0.25, 0.3) is 0 Å².